The first-order valence-electron chi connectivity index (χ1n) is 8.40. The quantitative estimate of drug-likeness (QED) is 0.849. The summed E-state index contributed by atoms with van der Waals surface area (Å²) in [5, 5.41) is -1.47. The number of amides is 1. The van der Waals surface area contributed by atoms with Crippen molar-refractivity contribution in [1.29, 1.82) is 0 Å². The summed E-state index contributed by atoms with van der Waals surface area (Å²) in [5.74, 6) is 0.207. The molecule has 128 valence electrons. The van der Waals surface area contributed by atoms with Crippen LogP contribution in [0, 0.1) is 0 Å². The van der Waals surface area contributed by atoms with E-state index in [0.717, 1.165) is 19.3 Å². The van der Waals surface area contributed by atoms with E-state index in [1.807, 2.05) is 18.2 Å². The largest absolute Gasteiger partial charge is 0.342 e. The van der Waals surface area contributed by atoms with E-state index in [-0.39, 0.29) is 5.91 Å². The second-order valence-electron chi connectivity index (χ2n) is 6.64. The van der Waals surface area contributed by atoms with Gasteiger partial charge in [0.15, 0.2) is 9.84 Å². The molecule has 1 heterocycles. The monoisotopic (exact) mass is 337 g/mol. The number of carbonyl (C=O) groups excluding carboxylic acids is 1. The van der Waals surface area contributed by atoms with Crippen LogP contribution in [-0.4, -0.2) is 42.8 Å². The molecule has 0 spiro atoms. The molecule has 1 saturated heterocycles. The summed E-state index contributed by atoms with van der Waals surface area (Å²) < 4.78 is 24.5. The summed E-state index contributed by atoms with van der Waals surface area (Å²) >= 11 is 0. The normalized spacial score (nSPS) is 21.0. The number of rotatable bonds is 4. The number of hydrogen-bond donors (Lipinski definition) is 0. The smallest absolute Gasteiger partial charge is 0.240 e. The van der Waals surface area contributed by atoms with Crippen LogP contribution in [0.3, 0.4) is 0 Å². The van der Waals surface area contributed by atoms with Gasteiger partial charge in [-0.2, -0.15) is 0 Å². The van der Waals surface area contributed by atoms with Crippen LogP contribution in [-0.2, 0) is 14.6 Å². The minimum atomic E-state index is -3.39. The predicted octanol–water partition coefficient (Wildman–Crippen LogP) is 2.99. The summed E-state index contributed by atoms with van der Waals surface area (Å²) in [4.78, 5) is 14.3. The Labute approximate surface area is 139 Å². The third-order valence-electron chi connectivity index (χ3n) is 4.81. The van der Waals surface area contributed by atoms with Gasteiger partial charge in [0.1, 0.15) is 5.25 Å². The number of carbonyl (C=O) groups is 1. The fraction of sp³-hybridized carbons (Fsp3) is 0.611. The van der Waals surface area contributed by atoms with Gasteiger partial charge in [0.25, 0.3) is 0 Å². The zero-order valence-electron chi connectivity index (χ0n) is 14.2. The molecular weight excluding hydrogens is 310 g/mol. The van der Waals surface area contributed by atoms with Crippen LogP contribution in [0.5, 0.6) is 0 Å². The second-order valence-corrected chi connectivity index (χ2v) is 9.47. The summed E-state index contributed by atoms with van der Waals surface area (Å²) in [6, 6.07) is 10.4. The first-order chi connectivity index (χ1) is 10.8. The fourth-order valence-corrected chi connectivity index (χ4v) is 4.43. The first kappa shape index (κ1) is 18.0. The summed E-state index contributed by atoms with van der Waals surface area (Å²) in [6.45, 7) is 6.08. The van der Waals surface area contributed by atoms with Crippen molar-refractivity contribution in [3.63, 3.8) is 0 Å². The minimum Gasteiger partial charge on any atom is -0.342 e. The summed E-state index contributed by atoms with van der Waals surface area (Å²) in [6.07, 6.45) is 2.85. The molecule has 1 aromatic carbocycles. The molecule has 5 heteroatoms. The highest BCUT2D eigenvalue weighted by atomic mass is 32.2. The van der Waals surface area contributed by atoms with E-state index < -0.39 is 20.3 Å². The van der Waals surface area contributed by atoms with E-state index in [4.69, 9.17) is 0 Å². The highest BCUT2D eigenvalue weighted by molar-refractivity contribution is 7.93. The van der Waals surface area contributed by atoms with Crippen LogP contribution in [0.2, 0.25) is 0 Å². The number of likely N-dealkylation sites (tertiary alicyclic amines) is 1. The fourth-order valence-electron chi connectivity index (χ4n) is 3.18. The molecular formula is C18H27NO3S. The van der Waals surface area contributed by atoms with Gasteiger partial charge in [-0.1, -0.05) is 30.3 Å². The molecule has 0 N–H and O–H groups in total. The van der Waals surface area contributed by atoms with Gasteiger partial charge in [-0.05, 0) is 51.5 Å². The Bertz CT molecular complexity index is 625. The third kappa shape index (κ3) is 4.14. The molecule has 2 atom stereocenters. The van der Waals surface area contributed by atoms with Gasteiger partial charge in [-0.3, -0.25) is 4.79 Å². The Morgan fingerprint density at radius 1 is 1.09 bits per heavy atom. The lowest BCUT2D eigenvalue weighted by molar-refractivity contribution is -0.130. The highest BCUT2D eigenvalue weighted by Crippen LogP contribution is 2.28. The van der Waals surface area contributed by atoms with Crippen molar-refractivity contribution in [2.45, 2.75) is 56.5 Å². The van der Waals surface area contributed by atoms with E-state index in [2.05, 4.69) is 12.1 Å². The molecule has 1 aromatic rings. The van der Waals surface area contributed by atoms with E-state index in [0.29, 0.717) is 19.0 Å². The van der Waals surface area contributed by atoms with Crippen LogP contribution >= 0.6 is 0 Å². The van der Waals surface area contributed by atoms with Gasteiger partial charge < -0.3 is 4.90 Å². The molecule has 2 rings (SSSR count). The molecule has 0 unspecified atom stereocenters. The van der Waals surface area contributed by atoms with Crippen LogP contribution in [0.4, 0.5) is 0 Å². The summed E-state index contributed by atoms with van der Waals surface area (Å²) in [5.41, 5.74) is 1.31. The van der Waals surface area contributed by atoms with E-state index in [9.17, 15) is 13.2 Å². The predicted molar refractivity (Wildman–Crippen MR) is 93.1 cm³/mol. The van der Waals surface area contributed by atoms with Crippen molar-refractivity contribution < 1.29 is 13.2 Å². The molecule has 1 aliphatic heterocycles. The van der Waals surface area contributed by atoms with Crippen LogP contribution in [0.25, 0.3) is 0 Å². The van der Waals surface area contributed by atoms with Gasteiger partial charge in [-0.15, -0.1) is 0 Å². The van der Waals surface area contributed by atoms with Crippen molar-refractivity contribution in [2.24, 2.45) is 0 Å². The number of sulfone groups is 1. The Balaban J connectivity index is 2.04. The molecule has 0 saturated carbocycles. The number of benzene rings is 1. The Morgan fingerprint density at radius 2 is 1.74 bits per heavy atom. The molecule has 0 radical (unpaired) electrons. The molecule has 1 fully saturated rings. The number of hydrogen-bond acceptors (Lipinski definition) is 3. The van der Waals surface area contributed by atoms with E-state index in [1.54, 1.807) is 18.7 Å². The minimum absolute atomic E-state index is 0.243. The van der Waals surface area contributed by atoms with Crippen LogP contribution < -0.4 is 0 Å². The molecule has 0 aliphatic carbocycles. The van der Waals surface area contributed by atoms with Crippen molar-refractivity contribution >= 4 is 15.7 Å². The van der Waals surface area contributed by atoms with Crippen molar-refractivity contribution in [2.75, 3.05) is 13.1 Å². The topological polar surface area (TPSA) is 54.5 Å². The third-order valence-corrected chi connectivity index (χ3v) is 7.31. The first-order valence-corrected chi connectivity index (χ1v) is 10.0. The maximum atomic E-state index is 12.6. The summed E-state index contributed by atoms with van der Waals surface area (Å²) in [7, 11) is -3.39. The number of nitrogens with zero attached hydrogens (tertiary/aromatic N) is 1. The average molecular weight is 337 g/mol. The highest BCUT2D eigenvalue weighted by Gasteiger charge is 2.34. The maximum Gasteiger partial charge on any atom is 0.240 e. The maximum absolute atomic E-state index is 12.6. The van der Waals surface area contributed by atoms with Gasteiger partial charge in [0, 0.05) is 13.1 Å². The van der Waals surface area contributed by atoms with Crippen molar-refractivity contribution in [1.82, 2.24) is 4.90 Å². The average Bonchev–Trinajstić information content (AvgIpc) is 2.80. The van der Waals surface area contributed by atoms with Crippen molar-refractivity contribution in [3.8, 4) is 0 Å². The lowest BCUT2D eigenvalue weighted by atomic mass is 9.92. The van der Waals surface area contributed by atoms with Gasteiger partial charge in [0.2, 0.25) is 5.91 Å². The standard InChI is InChI=1S/C18H27NO3S/c1-14(2)23(21,22)15(3)18(20)19-12-7-10-17(11-13-19)16-8-5-4-6-9-16/h4-6,8-9,14-15,17H,7,10-13H2,1-3H3/t15-,17+/m0/s1. The molecule has 23 heavy (non-hydrogen) atoms. The van der Waals surface area contributed by atoms with E-state index in [1.165, 1.54) is 12.5 Å². The molecule has 1 amide bonds. The Hall–Kier alpha value is -1.36. The van der Waals surface area contributed by atoms with Gasteiger partial charge >= 0.3 is 0 Å². The molecule has 0 aromatic heterocycles. The van der Waals surface area contributed by atoms with Gasteiger partial charge in [-0.25, -0.2) is 8.42 Å². The van der Waals surface area contributed by atoms with Gasteiger partial charge in [0.05, 0.1) is 5.25 Å². The van der Waals surface area contributed by atoms with Crippen molar-refractivity contribution in [3.05, 3.63) is 35.9 Å². The SMILES string of the molecule is CC(C)S(=O)(=O)[C@@H](C)C(=O)N1CCC[C@@H](c2ccccc2)CC1. The Morgan fingerprint density at radius 3 is 2.35 bits per heavy atom. The van der Waals surface area contributed by atoms with E-state index >= 15 is 0 Å². The molecule has 0 bridgehead atoms. The van der Waals surface area contributed by atoms with Crippen LogP contribution in [0.1, 0.15) is 51.5 Å². The lowest BCUT2D eigenvalue weighted by Crippen LogP contribution is -2.44. The zero-order chi connectivity index (χ0) is 17.0. The lowest BCUT2D eigenvalue weighted by Gasteiger charge is -2.25. The second kappa shape index (κ2) is 7.47. The molecule has 1 aliphatic rings. The van der Waals surface area contributed by atoms with Crippen LogP contribution in [0.15, 0.2) is 30.3 Å². The molecule has 4 nitrogen and oxygen atoms in total. The zero-order valence-corrected chi connectivity index (χ0v) is 15.1. The Kier molecular flexibility index (Phi) is 5.84.